The quantitative estimate of drug-likeness (QED) is 0.239. The van der Waals surface area contributed by atoms with Crippen LogP contribution < -0.4 is 9.47 Å². The van der Waals surface area contributed by atoms with Crippen molar-refractivity contribution in [2.45, 2.75) is 29.7 Å². The van der Waals surface area contributed by atoms with E-state index in [1.54, 1.807) is 18.2 Å². The highest BCUT2D eigenvalue weighted by Gasteiger charge is 2.37. The normalized spacial score (nSPS) is 12.2. The number of aliphatic carboxylic acids is 1. The molecule has 0 heterocycles. The van der Waals surface area contributed by atoms with Gasteiger partial charge in [0.05, 0.1) is 18.4 Å². The number of carboxylic acids is 1. The van der Waals surface area contributed by atoms with Gasteiger partial charge in [-0.25, -0.2) is 0 Å². The molecule has 0 saturated carbocycles. The number of carbonyl (C=O) groups is 2. The molecule has 0 saturated heterocycles. The number of ether oxygens (including phenoxy) is 2. The van der Waals surface area contributed by atoms with Crippen LogP contribution in [-0.2, 0) is 11.2 Å². The van der Waals surface area contributed by atoms with Crippen molar-refractivity contribution in [1.29, 1.82) is 0 Å². The fourth-order valence-electron chi connectivity index (χ4n) is 3.05. The molecule has 35 heavy (non-hydrogen) atoms. The summed E-state index contributed by atoms with van der Waals surface area (Å²) in [5.41, 5.74) is 0.912. The largest absolute Gasteiger partial charge is 0.493 e. The Morgan fingerprint density at radius 2 is 1.60 bits per heavy atom. The molecule has 3 aromatic carbocycles. The van der Waals surface area contributed by atoms with Crippen molar-refractivity contribution in [1.82, 2.24) is 0 Å². The van der Waals surface area contributed by atoms with Crippen LogP contribution in [0.2, 0.25) is 5.02 Å². The van der Waals surface area contributed by atoms with E-state index in [1.165, 1.54) is 49.6 Å². The molecule has 0 bridgehead atoms. The molecule has 3 aromatic rings. The number of hydrogen-bond acceptors (Lipinski definition) is 5. The second kappa shape index (κ2) is 11.0. The predicted molar refractivity (Wildman–Crippen MR) is 127 cm³/mol. The molecule has 0 aliphatic rings. The van der Waals surface area contributed by atoms with Gasteiger partial charge in [-0.15, -0.1) is 11.8 Å². The first-order valence-electron chi connectivity index (χ1n) is 10.2. The molecule has 1 unspecified atom stereocenters. The maximum absolute atomic E-state index is 13.3. The van der Waals surface area contributed by atoms with Crippen molar-refractivity contribution in [3.8, 4) is 17.2 Å². The molecule has 1 N–H and O–H groups in total. The Balaban J connectivity index is 2.02. The fraction of sp³-hybridized carbons (Fsp3) is 0.200. The summed E-state index contributed by atoms with van der Waals surface area (Å²) in [5, 5.41) is 7.72. The Kier molecular flexibility index (Phi) is 8.34. The molecule has 184 valence electrons. The Bertz CT molecular complexity index is 1230. The van der Waals surface area contributed by atoms with Crippen LogP contribution in [0.25, 0.3) is 0 Å². The molecule has 0 aliphatic carbocycles. The van der Waals surface area contributed by atoms with Gasteiger partial charge in [-0.2, -0.15) is 13.2 Å². The highest BCUT2D eigenvalue weighted by atomic mass is 35.5. The van der Waals surface area contributed by atoms with E-state index in [1.807, 2.05) is 0 Å². The van der Waals surface area contributed by atoms with Crippen molar-refractivity contribution >= 4 is 35.1 Å². The second-order valence-electron chi connectivity index (χ2n) is 7.46. The number of hydrogen-bond donors (Lipinski definition) is 1. The molecule has 0 spiro atoms. The summed E-state index contributed by atoms with van der Waals surface area (Å²) in [4.78, 5) is 24.1. The zero-order chi connectivity index (χ0) is 25.8. The first-order chi connectivity index (χ1) is 16.5. The van der Waals surface area contributed by atoms with Gasteiger partial charge in [-0.1, -0.05) is 17.7 Å². The molecular weight excluding hydrogens is 505 g/mol. The Morgan fingerprint density at radius 3 is 2.20 bits per heavy atom. The smallest absolute Gasteiger partial charge is 0.400 e. The zero-order valence-corrected chi connectivity index (χ0v) is 20.1. The van der Waals surface area contributed by atoms with Crippen LogP contribution in [0.4, 0.5) is 13.2 Å². The van der Waals surface area contributed by atoms with Gasteiger partial charge in [0.2, 0.25) is 0 Å². The van der Waals surface area contributed by atoms with E-state index < -0.39 is 23.2 Å². The van der Waals surface area contributed by atoms with Crippen LogP contribution in [0.5, 0.6) is 17.2 Å². The number of halogens is 4. The van der Waals surface area contributed by atoms with Crippen LogP contribution in [0.1, 0.15) is 28.4 Å². The summed E-state index contributed by atoms with van der Waals surface area (Å²) in [6.45, 7) is 1.01. The van der Waals surface area contributed by atoms with E-state index in [0.29, 0.717) is 27.9 Å². The van der Waals surface area contributed by atoms with Crippen molar-refractivity contribution in [2.24, 2.45) is 0 Å². The van der Waals surface area contributed by atoms with Gasteiger partial charge in [0.15, 0.2) is 17.3 Å². The van der Waals surface area contributed by atoms with Crippen molar-refractivity contribution in [2.75, 3.05) is 7.11 Å². The van der Waals surface area contributed by atoms with E-state index in [-0.39, 0.29) is 34.1 Å². The van der Waals surface area contributed by atoms with Gasteiger partial charge in [0.25, 0.3) is 0 Å². The summed E-state index contributed by atoms with van der Waals surface area (Å²) >= 11 is 6.36. The standard InChI is InChI=1S/C25H20ClF3O5S/c1-14(25(27,28)29)35-22-13-17(24(32)16-4-7-18(26)8-5-16)6-10-20(22)34-21-11-15(12-23(30)31)3-9-19(21)33-2/h3-11,13-14H,12H2,1-2H3,(H,30,31). The van der Waals surface area contributed by atoms with Gasteiger partial charge in [-0.3, -0.25) is 9.59 Å². The molecular formula is C25H20ClF3O5S. The highest BCUT2D eigenvalue weighted by Crippen LogP contribution is 2.42. The third kappa shape index (κ3) is 6.93. The summed E-state index contributed by atoms with van der Waals surface area (Å²) in [5.74, 6) is -0.994. The van der Waals surface area contributed by atoms with Crippen LogP contribution >= 0.6 is 23.4 Å². The lowest BCUT2D eigenvalue weighted by molar-refractivity contribution is -0.136. The molecule has 0 radical (unpaired) electrons. The SMILES string of the molecule is COc1ccc(CC(=O)O)cc1Oc1ccc(C(=O)c2ccc(Cl)cc2)cc1SC(C)C(F)(F)F. The first kappa shape index (κ1) is 26.4. The number of alkyl halides is 3. The van der Waals surface area contributed by atoms with Crippen LogP contribution in [0.3, 0.4) is 0 Å². The number of rotatable bonds is 9. The molecule has 1 atom stereocenters. The molecule has 0 fully saturated rings. The van der Waals surface area contributed by atoms with Crippen molar-refractivity contribution in [3.05, 3.63) is 82.4 Å². The second-order valence-corrected chi connectivity index (χ2v) is 9.28. The van der Waals surface area contributed by atoms with Gasteiger partial charge in [-0.05, 0) is 67.1 Å². The summed E-state index contributed by atoms with van der Waals surface area (Å²) < 4.78 is 51.1. The lowest BCUT2D eigenvalue weighted by Crippen LogP contribution is -2.22. The molecule has 0 aromatic heterocycles. The predicted octanol–water partition coefficient (Wildman–Crippen LogP) is 7.04. The monoisotopic (exact) mass is 524 g/mol. The van der Waals surface area contributed by atoms with Gasteiger partial charge in [0.1, 0.15) is 11.0 Å². The maximum Gasteiger partial charge on any atom is 0.400 e. The Labute approximate surface area is 208 Å². The molecule has 0 aliphatic heterocycles. The maximum atomic E-state index is 13.3. The lowest BCUT2D eigenvalue weighted by Gasteiger charge is -2.19. The average molecular weight is 525 g/mol. The molecule has 5 nitrogen and oxygen atoms in total. The zero-order valence-electron chi connectivity index (χ0n) is 18.6. The molecule has 0 amide bonds. The van der Waals surface area contributed by atoms with Gasteiger partial charge >= 0.3 is 12.1 Å². The minimum Gasteiger partial charge on any atom is -0.493 e. The number of ketones is 1. The number of carbonyl (C=O) groups excluding carboxylic acids is 1. The van der Waals surface area contributed by atoms with Crippen molar-refractivity contribution < 1.29 is 37.3 Å². The van der Waals surface area contributed by atoms with E-state index in [0.717, 1.165) is 6.92 Å². The van der Waals surface area contributed by atoms with Crippen LogP contribution in [-0.4, -0.2) is 35.4 Å². The average Bonchev–Trinajstić information content (AvgIpc) is 2.79. The van der Waals surface area contributed by atoms with E-state index in [9.17, 15) is 22.8 Å². The van der Waals surface area contributed by atoms with E-state index in [4.69, 9.17) is 26.2 Å². The highest BCUT2D eigenvalue weighted by molar-refractivity contribution is 8.00. The number of carboxylic acid groups (broad SMARTS) is 1. The minimum atomic E-state index is -4.49. The fourth-order valence-corrected chi connectivity index (χ4v) is 4.12. The third-order valence-corrected chi connectivity index (χ3v) is 6.33. The lowest BCUT2D eigenvalue weighted by atomic mass is 10.0. The Morgan fingerprint density at radius 1 is 0.971 bits per heavy atom. The van der Waals surface area contributed by atoms with Crippen LogP contribution in [0.15, 0.2) is 65.6 Å². The summed E-state index contributed by atoms with van der Waals surface area (Å²) in [6.07, 6.45) is -4.77. The number of thioether (sulfide) groups is 1. The van der Waals surface area contributed by atoms with Crippen LogP contribution in [0, 0.1) is 0 Å². The molecule has 10 heteroatoms. The van der Waals surface area contributed by atoms with Gasteiger partial charge in [0, 0.05) is 16.1 Å². The third-order valence-electron chi connectivity index (χ3n) is 4.88. The summed E-state index contributed by atoms with van der Waals surface area (Å²) in [6, 6.07) is 14.8. The van der Waals surface area contributed by atoms with E-state index >= 15 is 0 Å². The minimum absolute atomic E-state index is 0.0598. The summed E-state index contributed by atoms with van der Waals surface area (Å²) in [7, 11) is 1.38. The Hall–Kier alpha value is -3.17. The molecule has 3 rings (SSSR count). The number of methoxy groups -OCH3 is 1. The topological polar surface area (TPSA) is 72.8 Å². The van der Waals surface area contributed by atoms with E-state index in [2.05, 4.69) is 0 Å². The van der Waals surface area contributed by atoms with Gasteiger partial charge < -0.3 is 14.6 Å². The number of benzene rings is 3. The first-order valence-corrected chi connectivity index (χ1v) is 11.5. The van der Waals surface area contributed by atoms with Crippen molar-refractivity contribution in [3.63, 3.8) is 0 Å².